The van der Waals surface area contributed by atoms with Gasteiger partial charge in [-0.2, -0.15) is 0 Å². The van der Waals surface area contributed by atoms with Crippen LogP contribution in [-0.2, 0) is 28.6 Å². The molecule has 0 aromatic carbocycles. The predicted octanol–water partition coefficient (Wildman–Crippen LogP) is 14.5. The van der Waals surface area contributed by atoms with Gasteiger partial charge in [-0.25, -0.2) is 4.79 Å². The number of carboxylic acid groups (broad SMARTS) is 1. The van der Waals surface area contributed by atoms with Crippen molar-refractivity contribution in [3.8, 4) is 0 Å². The predicted molar refractivity (Wildman–Crippen MR) is 248 cm³/mol. The van der Waals surface area contributed by atoms with Crippen LogP contribution < -0.4 is 0 Å². The number of carbonyl (C=O) groups excluding carboxylic acids is 2. The van der Waals surface area contributed by atoms with E-state index in [-0.39, 0.29) is 36.2 Å². The first-order valence-electron chi connectivity index (χ1n) is 25.6. The number of esters is 2. The van der Waals surface area contributed by atoms with Gasteiger partial charge in [-0.1, -0.05) is 226 Å². The van der Waals surface area contributed by atoms with Gasteiger partial charge in [0.2, 0.25) is 0 Å². The van der Waals surface area contributed by atoms with Gasteiger partial charge in [-0.3, -0.25) is 9.59 Å². The third kappa shape index (κ3) is 41.5. The fourth-order valence-corrected chi connectivity index (χ4v) is 8.04. The summed E-state index contributed by atoms with van der Waals surface area (Å²) in [5.74, 6) is -1.44. The minimum absolute atomic E-state index is 0.0413. The fourth-order valence-electron chi connectivity index (χ4n) is 8.04. The Morgan fingerprint density at radius 3 is 1.05 bits per heavy atom. The van der Waals surface area contributed by atoms with Crippen molar-refractivity contribution in [2.24, 2.45) is 0 Å². The van der Waals surface area contributed by atoms with Crippen molar-refractivity contribution in [1.29, 1.82) is 0 Å². The van der Waals surface area contributed by atoms with E-state index in [1.807, 2.05) is 21.1 Å². The van der Waals surface area contributed by atoms with Crippen molar-refractivity contribution >= 4 is 17.9 Å². The fraction of sp³-hybridized carbons (Fsp3) is 0.941. The van der Waals surface area contributed by atoms with Crippen molar-refractivity contribution in [2.45, 2.75) is 270 Å². The normalized spacial score (nSPS) is 12.8. The second-order valence-corrected chi connectivity index (χ2v) is 18.8. The van der Waals surface area contributed by atoms with Crippen LogP contribution in [-0.4, -0.2) is 80.6 Å². The van der Waals surface area contributed by atoms with E-state index in [2.05, 4.69) is 13.8 Å². The summed E-state index contributed by atoms with van der Waals surface area (Å²) < 4.78 is 17.4. The van der Waals surface area contributed by atoms with E-state index in [0.717, 1.165) is 38.5 Å². The Morgan fingerprint density at radius 2 is 0.746 bits per heavy atom. The van der Waals surface area contributed by atoms with Gasteiger partial charge in [0, 0.05) is 19.3 Å². The molecule has 2 atom stereocenters. The third-order valence-corrected chi connectivity index (χ3v) is 12.0. The monoisotopic (exact) mass is 839 g/mol. The molecular weight excluding hydrogens is 739 g/mol. The molecule has 1 N–H and O–H groups in total. The molecule has 0 rings (SSSR count). The van der Waals surface area contributed by atoms with E-state index < -0.39 is 18.1 Å². The van der Waals surface area contributed by atoms with E-state index in [4.69, 9.17) is 14.2 Å². The first-order valence-corrected chi connectivity index (χ1v) is 25.6. The Morgan fingerprint density at radius 1 is 0.441 bits per heavy atom. The van der Waals surface area contributed by atoms with Gasteiger partial charge in [0.15, 0.2) is 12.1 Å². The maximum atomic E-state index is 12.8. The molecule has 8 heteroatoms. The molecule has 0 saturated carbocycles. The number of carboxylic acids is 1. The number of hydrogen-bond donors (Lipinski definition) is 1. The molecule has 350 valence electrons. The van der Waals surface area contributed by atoms with E-state index in [1.165, 1.54) is 186 Å². The zero-order chi connectivity index (χ0) is 43.5. The van der Waals surface area contributed by atoms with Gasteiger partial charge < -0.3 is 23.8 Å². The van der Waals surface area contributed by atoms with Gasteiger partial charge in [0.05, 0.1) is 34.4 Å². The molecular formula is C51H100NO7+. The van der Waals surface area contributed by atoms with Crippen LogP contribution in [0.15, 0.2) is 0 Å². The van der Waals surface area contributed by atoms with Crippen LogP contribution in [0, 0.1) is 0 Å². The van der Waals surface area contributed by atoms with Crippen molar-refractivity contribution in [3.63, 3.8) is 0 Å². The van der Waals surface area contributed by atoms with Crippen LogP contribution in [0.4, 0.5) is 0 Å². The maximum absolute atomic E-state index is 12.8. The number of unbranched alkanes of at least 4 members (excludes halogenated alkanes) is 33. The Kier molecular flexibility index (Phi) is 41.8. The summed E-state index contributed by atoms with van der Waals surface area (Å²) in [5, 5.41) is 9.64. The van der Waals surface area contributed by atoms with Crippen molar-refractivity contribution in [1.82, 2.24) is 0 Å². The Balaban J connectivity index is 4.19. The van der Waals surface area contributed by atoms with Crippen LogP contribution in [0.25, 0.3) is 0 Å². The van der Waals surface area contributed by atoms with Gasteiger partial charge in [0.1, 0.15) is 6.61 Å². The molecule has 0 aromatic heterocycles. The van der Waals surface area contributed by atoms with E-state index in [0.29, 0.717) is 19.3 Å². The Labute approximate surface area is 366 Å². The van der Waals surface area contributed by atoms with Crippen LogP contribution in [0.3, 0.4) is 0 Å². The van der Waals surface area contributed by atoms with Gasteiger partial charge >= 0.3 is 17.9 Å². The first kappa shape index (κ1) is 57.3. The third-order valence-electron chi connectivity index (χ3n) is 12.0. The van der Waals surface area contributed by atoms with Crippen molar-refractivity contribution in [3.05, 3.63) is 0 Å². The largest absolute Gasteiger partial charge is 0.477 e. The van der Waals surface area contributed by atoms with Crippen LogP contribution in [0.1, 0.15) is 258 Å². The Hall–Kier alpha value is -1.67. The molecule has 59 heavy (non-hydrogen) atoms. The summed E-state index contributed by atoms with van der Waals surface area (Å²) in [6.45, 7) is 4.80. The number of likely N-dealkylation sites (N-methyl/N-ethyl adjacent to an activating group) is 1. The topological polar surface area (TPSA) is 99.1 Å². The smallest absolute Gasteiger partial charge is 0.362 e. The van der Waals surface area contributed by atoms with Crippen molar-refractivity contribution in [2.75, 3.05) is 41.0 Å². The van der Waals surface area contributed by atoms with E-state index in [9.17, 15) is 19.5 Å². The molecule has 0 saturated heterocycles. The molecule has 2 unspecified atom stereocenters. The highest BCUT2D eigenvalue weighted by Crippen LogP contribution is 2.17. The zero-order valence-corrected chi connectivity index (χ0v) is 40.0. The lowest BCUT2D eigenvalue weighted by Gasteiger charge is -2.31. The number of aliphatic carboxylic acids is 1. The lowest BCUT2D eigenvalue weighted by atomic mass is 10.0. The highest BCUT2D eigenvalue weighted by Gasteiger charge is 2.31. The molecule has 0 aliphatic heterocycles. The second-order valence-electron chi connectivity index (χ2n) is 18.8. The van der Waals surface area contributed by atoms with E-state index >= 15 is 0 Å². The number of carbonyl (C=O) groups is 3. The number of quaternary nitrogens is 1. The highest BCUT2D eigenvalue weighted by atomic mass is 16.6. The van der Waals surface area contributed by atoms with Crippen LogP contribution in [0.2, 0.25) is 0 Å². The van der Waals surface area contributed by atoms with Crippen molar-refractivity contribution < 1.29 is 38.2 Å². The molecule has 0 bridgehead atoms. The summed E-state index contributed by atoms with van der Waals surface area (Å²) in [6, 6.07) is -0.608. The quantitative estimate of drug-likeness (QED) is 0.0370. The number of rotatable bonds is 47. The van der Waals surface area contributed by atoms with Crippen LogP contribution >= 0.6 is 0 Å². The SMILES string of the molecule is CCCCCCCCCCCCCCCCCCCCCC(=O)OCC(COCCC(C(=O)O)[N+](C)(C)C)OC(=O)CCCCCCCCCCCCCCCCCC. The standard InChI is InChI=1S/C51H99NO7/c1-6-8-10-12-14-16-18-20-22-24-25-26-28-29-31-33-35-37-39-41-49(53)58-46-47(45-57-44-43-48(51(55)56)52(3,4)5)59-50(54)42-40-38-36-34-32-30-27-23-21-19-17-15-13-11-9-7-2/h47-48H,6-46H2,1-5H3/p+1. The summed E-state index contributed by atoms with van der Waals surface area (Å²) in [5.41, 5.74) is 0. The summed E-state index contributed by atoms with van der Waals surface area (Å²) in [7, 11) is 5.55. The molecule has 0 aromatic rings. The van der Waals surface area contributed by atoms with Gasteiger partial charge in [-0.15, -0.1) is 0 Å². The number of ether oxygens (including phenoxy) is 3. The molecule has 0 amide bonds. The molecule has 0 aliphatic carbocycles. The minimum Gasteiger partial charge on any atom is -0.477 e. The molecule has 0 spiro atoms. The molecule has 8 nitrogen and oxygen atoms in total. The van der Waals surface area contributed by atoms with E-state index in [1.54, 1.807) is 0 Å². The highest BCUT2D eigenvalue weighted by molar-refractivity contribution is 5.72. The molecule has 0 heterocycles. The summed E-state index contributed by atoms with van der Waals surface area (Å²) in [4.78, 5) is 37.1. The first-order chi connectivity index (χ1) is 28.6. The Bertz CT molecular complexity index is 936. The minimum atomic E-state index is -0.869. The van der Waals surface area contributed by atoms with Gasteiger partial charge in [0.25, 0.3) is 0 Å². The number of nitrogens with zero attached hydrogens (tertiary/aromatic N) is 1. The average Bonchev–Trinajstić information content (AvgIpc) is 3.19. The summed E-state index contributed by atoms with van der Waals surface area (Å²) >= 11 is 0. The average molecular weight is 839 g/mol. The second kappa shape index (κ2) is 43.0. The maximum Gasteiger partial charge on any atom is 0.362 e. The molecule has 0 aliphatic rings. The summed E-state index contributed by atoms with van der Waals surface area (Å²) in [6.07, 6.45) is 45.7. The lowest BCUT2D eigenvalue weighted by molar-refractivity contribution is -0.887. The molecule has 0 fully saturated rings. The van der Waals surface area contributed by atoms with Gasteiger partial charge in [-0.05, 0) is 12.8 Å². The van der Waals surface area contributed by atoms with Crippen LogP contribution in [0.5, 0.6) is 0 Å². The molecule has 0 radical (unpaired) electrons. The zero-order valence-electron chi connectivity index (χ0n) is 40.0. The number of hydrogen-bond acceptors (Lipinski definition) is 6. The lowest BCUT2D eigenvalue weighted by Crippen LogP contribution is -2.50.